The minimum atomic E-state index is -0.0357. The largest absolute Gasteiger partial charge is 0.490 e. The molecule has 94 valence electrons. The predicted molar refractivity (Wildman–Crippen MR) is 65.7 cm³/mol. The van der Waals surface area contributed by atoms with E-state index < -0.39 is 0 Å². The molecule has 0 aromatic carbocycles. The fraction of sp³-hybridized carbons (Fsp3) is 0.545. The van der Waals surface area contributed by atoms with Crippen molar-refractivity contribution in [1.29, 1.82) is 0 Å². The van der Waals surface area contributed by atoms with E-state index >= 15 is 0 Å². The van der Waals surface area contributed by atoms with Gasteiger partial charge in [-0.2, -0.15) is 0 Å². The van der Waals surface area contributed by atoms with Crippen molar-refractivity contribution in [3.63, 3.8) is 0 Å². The number of methoxy groups -OCH3 is 1. The molecule has 1 aliphatic carbocycles. The van der Waals surface area contributed by atoms with E-state index in [-0.39, 0.29) is 17.6 Å². The van der Waals surface area contributed by atoms with Crippen LogP contribution < -0.4 is 15.8 Å². The molecule has 0 atom stereocenters. The molecule has 1 aliphatic rings. The van der Waals surface area contributed by atoms with Gasteiger partial charge in [0, 0.05) is 5.92 Å². The Balaban J connectivity index is 0.000000686. The summed E-state index contributed by atoms with van der Waals surface area (Å²) in [6, 6.07) is 0. The third kappa shape index (κ3) is 3.30. The Hall–Kier alpha value is -1.85. The molecule has 1 saturated carbocycles. The summed E-state index contributed by atoms with van der Waals surface area (Å²) in [5.41, 5.74) is 5.57. The third-order valence-corrected chi connectivity index (χ3v) is 2.23. The molecule has 1 amide bonds. The lowest BCUT2D eigenvalue weighted by atomic mass is 10.4. The molecule has 1 aromatic heterocycles. The number of carbonyl (C=O) groups is 1. The summed E-state index contributed by atoms with van der Waals surface area (Å²) in [4.78, 5) is 19.2. The summed E-state index contributed by atoms with van der Waals surface area (Å²) in [6.45, 7) is 4.00. The Morgan fingerprint density at radius 3 is 2.65 bits per heavy atom. The smallest absolute Gasteiger partial charge is 0.228 e. The summed E-state index contributed by atoms with van der Waals surface area (Å²) < 4.78 is 5.01. The van der Waals surface area contributed by atoms with Gasteiger partial charge in [-0.1, -0.05) is 13.8 Å². The minimum absolute atomic E-state index is 0.0357. The van der Waals surface area contributed by atoms with Crippen LogP contribution in [-0.2, 0) is 4.79 Å². The Bertz CT molecular complexity index is 391. The Morgan fingerprint density at radius 1 is 1.47 bits per heavy atom. The van der Waals surface area contributed by atoms with Gasteiger partial charge in [-0.15, -0.1) is 0 Å². The van der Waals surface area contributed by atoms with Crippen molar-refractivity contribution >= 4 is 17.5 Å². The highest BCUT2D eigenvalue weighted by Crippen LogP contribution is 2.32. The maximum atomic E-state index is 11.5. The molecule has 3 N–H and O–H groups in total. The van der Waals surface area contributed by atoms with Gasteiger partial charge in [0.2, 0.25) is 11.7 Å². The molecule has 6 nitrogen and oxygen atoms in total. The van der Waals surface area contributed by atoms with Gasteiger partial charge in [-0.3, -0.25) is 4.79 Å². The van der Waals surface area contributed by atoms with Crippen LogP contribution in [0.25, 0.3) is 0 Å². The molecule has 17 heavy (non-hydrogen) atoms. The molecule has 1 aromatic rings. The van der Waals surface area contributed by atoms with Crippen LogP contribution in [0, 0.1) is 5.92 Å². The van der Waals surface area contributed by atoms with Crippen molar-refractivity contribution in [3.8, 4) is 5.75 Å². The molecule has 0 unspecified atom stereocenters. The maximum Gasteiger partial charge on any atom is 0.228 e. The zero-order valence-electron chi connectivity index (χ0n) is 10.4. The maximum absolute atomic E-state index is 11.5. The Kier molecular flexibility index (Phi) is 4.68. The predicted octanol–water partition coefficient (Wildman–Crippen LogP) is 1.44. The first-order valence-electron chi connectivity index (χ1n) is 5.67. The van der Waals surface area contributed by atoms with Crippen molar-refractivity contribution in [3.05, 3.63) is 6.33 Å². The summed E-state index contributed by atoms with van der Waals surface area (Å²) in [7, 11) is 1.46. The highest BCUT2D eigenvalue weighted by Gasteiger charge is 2.30. The first-order valence-corrected chi connectivity index (χ1v) is 5.67. The number of amides is 1. The van der Waals surface area contributed by atoms with Crippen molar-refractivity contribution in [2.45, 2.75) is 26.7 Å². The fourth-order valence-electron chi connectivity index (χ4n) is 1.24. The average molecular weight is 238 g/mol. The lowest BCUT2D eigenvalue weighted by Gasteiger charge is -2.09. The monoisotopic (exact) mass is 238 g/mol. The lowest BCUT2D eigenvalue weighted by Crippen LogP contribution is -2.16. The van der Waals surface area contributed by atoms with Crippen molar-refractivity contribution in [1.82, 2.24) is 9.97 Å². The number of nitrogens with zero attached hydrogens (tertiary/aromatic N) is 2. The van der Waals surface area contributed by atoms with Gasteiger partial charge in [-0.05, 0) is 12.8 Å². The lowest BCUT2D eigenvalue weighted by molar-refractivity contribution is -0.117. The highest BCUT2D eigenvalue weighted by atomic mass is 16.5. The number of hydrogen-bond donors (Lipinski definition) is 2. The number of rotatable bonds is 3. The Morgan fingerprint density at radius 2 is 2.12 bits per heavy atom. The van der Waals surface area contributed by atoms with Crippen LogP contribution in [0.1, 0.15) is 26.7 Å². The first kappa shape index (κ1) is 13.2. The number of aromatic nitrogens is 2. The molecule has 2 rings (SSSR count). The fourth-order valence-corrected chi connectivity index (χ4v) is 1.24. The highest BCUT2D eigenvalue weighted by molar-refractivity contribution is 5.94. The number of nitrogens with one attached hydrogen (secondary N) is 1. The molecule has 6 heteroatoms. The standard InChI is InChI=1S/C9H12N4O2.C2H6/c1-15-6-7(10)11-4-12-8(6)13-9(14)5-2-3-5;1-2/h4-5H,2-3H2,1H3,(H3,10,11,12,13,14);1-2H3. The number of carbonyl (C=O) groups excluding carboxylic acids is 1. The van der Waals surface area contributed by atoms with Crippen LogP contribution in [0.2, 0.25) is 0 Å². The SMILES string of the molecule is CC.COc1c(N)ncnc1NC(=O)C1CC1. The quantitative estimate of drug-likeness (QED) is 0.831. The molecule has 1 fully saturated rings. The molecule has 0 bridgehead atoms. The topological polar surface area (TPSA) is 90.1 Å². The molecule has 0 aliphatic heterocycles. The molecule has 1 heterocycles. The molecular formula is C11H18N4O2. The number of hydrogen-bond acceptors (Lipinski definition) is 5. The van der Waals surface area contributed by atoms with Gasteiger partial charge >= 0.3 is 0 Å². The zero-order chi connectivity index (χ0) is 12.8. The van der Waals surface area contributed by atoms with Crippen LogP contribution in [0.3, 0.4) is 0 Å². The van der Waals surface area contributed by atoms with E-state index in [2.05, 4.69) is 15.3 Å². The van der Waals surface area contributed by atoms with Gasteiger partial charge in [0.15, 0.2) is 11.6 Å². The summed E-state index contributed by atoms with van der Waals surface area (Å²) >= 11 is 0. The molecular weight excluding hydrogens is 220 g/mol. The first-order chi connectivity index (χ1) is 8.22. The van der Waals surface area contributed by atoms with Crippen LogP contribution in [0.5, 0.6) is 5.75 Å². The van der Waals surface area contributed by atoms with E-state index in [1.165, 1.54) is 13.4 Å². The van der Waals surface area contributed by atoms with Crippen LogP contribution in [0.15, 0.2) is 6.33 Å². The molecule has 0 spiro atoms. The minimum Gasteiger partial charge on any atom is -0.490 e. The van der Waals surface area contributed by atoms with Gasteiger partial charge in [0.05, 0.1) is 7.11 Å². The summed E-state index contributed by atoms with van der Waals surface area (Å²) in [5, 5.41) is 2.67. The van der Waals surface area contributed by atoms with Crippen LogP contribution in [0.4, 0.5) is 11.6 Å². The van der Waals surface area contributed by atoms with E-state index in [4.69, 9.17) is 10.5 Å². The summed E-state index contributed by atoms with van der Waals surface area (Å²) in [6.07, 6.45) is 3.17. The van der Waals surface area contributed by atoms with Crippen molar-refractivity contribution in [2.75, 3.05) is 18.2 Å². The van der Waals surface area contributed by atoms with E-state index in [0.29, 0.717) is 11.6 Å². The second kappa shape index (κ2) is 6.03. The van der Waals surface area contributed by atoms with Crippen LogP contribution in [-0.4, -0.2) is 23.0 Å². The van der Waals surface area contributed by atoms with E-state index in [0.717, 1.165) is 12.8 Å². The van der Waals surface area contributed by atoms with Crippen LogP contribution >= 0.6 is 0 Å². The normalized spacial score (nSPS) is 13.4. The van der Waals surface area contributed by atoms with E-state index in [1.54, 1.807) is 0 Å². The number of ether oxygens (including phenoxy) is 1. The van der Waals surface area contributed by atoms with E-state index in [1.807, 2.05) is 13.8 Å². The van der Waals surface area contributed by atoms with E-state index in [9.17, 15) is 4.79 Å². The number of anilines is 2. The number of nitrogen functional groups attached to an aromatic ring is 1. The molecule has 0 radical (unpaired) electrons. The zero-order valence-corrected chi connectivity index (χ0v) is 10.4. The second-order valence-electron chi connectivity index (χ2n) is 3.40. The third-order valence-electron chi connectivity index (χ3n) is 2.23. The van der Waals surface area contributed by atoms with Crippen molar-refractivity contribution in [2.24, 2.45) is 5.92 Å². The van der Waals surface area contributed by atoms with Gasteiger partial charge in [-0.25, -0.2) is 9.97 Å². The van der Waals surface area contributed by atoms with Gasteiger partial charge in [0.25, 0.3) is 0 Å². The summed E-state index contributed by atoms with van der Waals surface area (Å²) in [5.74, 6) is 0.948. The average Bonchev–Trinajstić information content (AvgIpc) is 3.16. The van der Waals surface area contributed by atoms with Gasteiger partial charge < -0.3 is 15.8 Å². The van der Waals surface area contributed by atoms with Gasteiger partial charge in [0.1, 0.15) is 6.33 Å². The molecule has 0 saturated heterocycles. The Labute approximate surface area is 101 Å². The van der Waals surface area contributed by atoms with Crippen molar-refractivity contribution < 1.29 is 9.53 Å². The number of nitrogens with two attached hydrogens (primary N) is 1. The second-order valence-corrected chi connectivity index (χ2v) is 3.40.